The van der Waals surface area contributed by atoms with Crippen molar-refractivity contribution in [1.82, 2.24) is 17.5 Å². The summed E-state index contributed by atoms with van der Waals surface area (Å²) in [6.45, 7) is 9.96. The molecule has 0 atom stereocenters. The third-order valence-electron chi connectivity index (χ3n) is 19.5. The predicted molar refractivity (Wildman–Crippen MR) is 398 cm³/mol. The first-order valence-electron chi connectivity index (χ1n) is 33.7. The zero-order valence-electron chi connectivity index (χ0n) is 53.0. The number of nitrogens with zero attached hydrogens (tertiary/aromatic N) is 4. The number of rotatable bonds is 34. The van der Waals surface area contributed by atoms with Gasteiger partial charge in [0.15, 0.2) is 0 Å². The summed E-state index contributed by atoms with van der Waals surface area (Å²) < 4.78 is 21.9. The Bertz CT molecular complexity index is 4170. The van der Waals surface area contributed by atoms with Crippen LogP contribution < -0.4 is 10.2 Å². The minimum atomic E-state index is -0.0917. The van der Waals surface area contributed by atoms with E-state index in [1.165, 1.54) is 242 Å². The van der Waals surface area contributed by atoms with Crippen LogP contribution in [0.3, 0.4) is 0 Å². The van der Waals surface area contributed by atoms with Crippen molar-refractivity contribution < 1.29 is 10.2 Å². The van der Waals surface area contributed by atoms with Crippen LogP contribution in [0.2, 0.25) is 0 Å². The van der Waals surface area contributed by atoms with E-state index in [0.717, 1.165) is 80.7 Å². The quantitative estimate of drug-likeness (QED) is 0.0308. The normalized spacial score (nSPS) is 13.7. The maximum Gasteiger partial charge on any atom is 0.208 e. The van der Waals surface area contributed by atoms with Crippen molar-refractivity contribution in [3.05, 3.63) is 140 Å². The van der Waals surface area contributed by atoms with Gasteiger partial charge >= 0.3 is 0 Å². The molecule has 2 aliphatic carbocycles. The van der Waals surface area contributed by atoms with E-state index in [4.69, 9.17) is 17.5 Å². The van der Waals surface area contributed by atoms with E-state index in [1.807, 2.05) is 68.0 Å². The van der Waals surface area contributed by atoms with Crippen molar-refractivity contribution in [2.24, 2.45) is 0 Å². The number of aryl methyl sites for hydroxylation is 2. The van der Waals surface area contributed by atoms with Crippen molar-refractivity contribution in [2.45, 2.75) is 199 Å². The summed E-state index contributed by atoms with van der Waals surface area (Å²) in [4.78, 5) is 13.9. The lowest BCUT2D eigenvalue weighted by Gasteiger charge is -2.31. The Balaban J connectivity index is 0.825. The number of benzene rings is 3. The van der Waals surface area contributed by atoms with Crippen LogP contribution >= 0.6 is 91.5 Å². The lowest BCUT2D eigenvalue weighted by Crippen LogP contribution is -2.28. The molecule has 0 spiro atoms. The van der Waals surface area contributed by atoms with Crippen molar-refractivity contribution in [3.63, 3.8) is 0 Å². The maximum absolute atomic E-state index is 9.58. The van der Waals surface area contributed by atoms with Gasteiger partial charge in [-0.2, -0.15) is 17.5 Å². The Kier molecular flexibility index (Phi) is 21.0. The molecule has 3 aromatic carbocycles. The molecule has 0 aliphatic heterocycles. The van der Waals surface area contributed by atoms with Crippen LogP contribution in [0.5, 0.6) is 0 Å². The summed E-state index contributed by atoms with van der Waals surface area (Å²) in [5, 5.41) is 21.6. The van der Waals surface area contributed by atoms with Gasteiger partial charge in [-0.3, -0.25) is 0 Å². The lowest BCUT2D eigenvalue weighted by atomic mass is 9.66. The van der Waals surface area contributed by atoms with Crippen LogP contribution in [-0.4, -0.2) is 48.2 Å². The summed E-state index contributed by atoms with van der Waals surface area (Å²) in [6, 6.07) is 35.5. The van der Waals surface area contributed by atoms with Gasteiger partial charge in [-0.25, -0.2) is 0 Å². The molecular weight excluding hydrogens is 1260 g/mol. The summed E-state index contributed by atoms with van der Waals surface area (Å²) in [5.41, 5.74) is 19.1. The molecule has 13 rings (SSSR count). The fraction of sp³-hybridized carbons (Fsp3) is 0.440. The molecule has 0 amide bonds. The molecule has 2 N–H and O–H groups in total. The third-order valence-corrected chi connectivity index (χ3v) is 27.9. The SMILES string of the molecule is CCCCCCc1csc(-c2cc(CCCCCC)c(Bc3ccc(-c4cc5c(s4)-c4sc(Cc6ccc(-c7cc8c(s7)-c7sc(-c9ccccc9)cc7C8(C)C)c7nsnc67)cc4C5(CCCCCCCCO)CCCCCCCCO)c4nsnc34)s2)c1. The molecule has 8 heterocycles. The predicted octanol–water partition coefficient (Wildman–Crippen LogP) is 22.0. The topological polar surface area (TPSA) is 92.0 Å². The number of aliphatic hydroxyl groups is 2. The molecule has 0 unspecified atom stereocenters. The summed E-state index contributed by atoms with van der Waals surface area (Å²) >= 11 is 14.5. The number of thiophene rings is 6. The molecule has 0 saturated carbocycles. The molecule has 0 saturated heterocycles. The fourth-order valence-corrected chi connectivity index (χ4v) is 23.4. The van der Waals surface area contributed by atoms with Crippen molar-refractivity contribution in [1.29, 1.82) is 0 Å². The van der Waals surface area contributed by atoms with Crippen LogP contribution in [0.15, 0.2) is 96.4 Å². The lowest BCUT2D eigenvalue weighted by molar-refractivity contribution is 0.282. The van der Waals surface area contributed by atoms with Crippen LogP contribution in [0.4, 0.5) is 0 Å². The minimum Gasteiger partial charge on any atom is -0.396 e. The highest BCUT2D eigenvalue weighted by Gasteiger charge is 2.46. The average molecular weight is 1340 g/mol. The molecular formula is C75H85BN4O2S8. The molecule has 468 valence electrons. The van der Waals surface area contributed by atoms with Gasteiger partial charge in [0, 0.05) is 90.4 Å². The zero-order chi connectivity index (χ0) is 61.6. The van der Waals surface area contributed by atoms with Crippen molar-refractivity contribution in [2.75, 3.05) is 13.2 Å². The number of fused-ring (bicyclic) bond motifs is 8. The van der Waals surface area contributed by atoms with Gasteiger partial charge in [-0.05, 0) is 148 Å². The monoisotopic (exact) mass is 1340 g/mol. The second-order valence-corrected chi connectivity index (χ2v) is 33.5. The standard InChI is InChI=1S/C75H85BN4O2S8/c1-5-7-9-20-28-48-40-63(83-47-48)64-42-51(31-21-10-8-6-2)73(88-64)76-59-35-34-54(67-68(59)80-90-79-67)62-46-58-72(87-62)71-57(75(58,36-24-15-11-13-17-26-38-81)37-25-16-12-14-18-27-39-82)43-52(84-71)41-50-32-33-53(66-65(50)77-89-78-66)61-45-56-70(86-61)69-55(74(56,3)4)44-60(85-69)49-29-22-19-23-30-49/h19,22-23,29-30,32-35,40,42-47,76,81-82H,5-18,20-21,24-28,31,36-39,41H2,1-4H3. The van der Waals surface area contributed by atoms with Gasteiger partial charge in [0.05, 0.1) is 29.0 Å². The molecule has 90 heavy (non-hydrogen) atoms. The number of hydrogen-bond donors (Lipinski definition) is 2. The Labute approximate surface area is 566 Å². The molecule has 0 radical (unpaired) electrons. The molecule has 8 aromatic heterocycles. The van der Waals surface area contributed by atoms with Crippen LogP contribution in [-0.2, 0) is 30.1 Å². The van der Waals surface area contributed by atoms with E-state index in [9.17, 15) is 10.2 Å². The highest BCUT2D eigenvalue weighted by molar-refractivity contribution is 7.28. The Morgan fingerprint density at radius 3 is 1.67 bits per heavy atom. The van der Waals surface area contributed by atoms with E-state index in [0.29, 0.717) is 0 Å². The Morgan fingerprint density at radius 2 is 0.989 bits per heavy atom. The van der Waals surface area contributed by atoms with Gasteiger partial charge in [0.25, 0.3) is 0 Å². The van der Waals surface area contributed by atoms with Gasteiger partial charge in [-0.1, -0.05) is 185 Å². The third kappa shape index (κ3) is 13.3. The van der Waals surface area contributed by atoms with E-state index in [1.54, 1.807) is 5.56 Å². The highest BCUT2D eigenvalue weighted by atomic mass is 32.1. The Morgan fingerprint density at radius 1 is 0.444 bits per heavy atom. The van der Waals surface area contributed by atoms with Gasteiger partial charge < -0.3 is 10.2 Å². The zero-order valence-corrected chi connectivity index (χ0v) is 59.5. The molecule has 2 aliphatic rings. The van der Waals surface area contributed by atoms with Gasteiger partial charge in [0.1, 0.15) is 16.6 Å². The smallest absolute Gasteiger partial charge is 0.208 e. The fourth-order valence-electron chi connectivity index (χ4n) is 14.4. The van der Waals surface area contributed by atoms with E-state index in [-0.39, 0.29) is 24.0 Å². The van der Waals surface area contributed by atoms with E-state index >= 15 is 0 Å². The highest BCUT2D eigenvalue weighted by Crippen LogP contribution is 2.62. The average Bonchev–Trinajstić information content (AvgIpc) is 1.56. The molecule has 15 heteroatoms. The first-order chi connectivity index (χ1) is 44.2. The first kappa shape index (κ1) is 64.2. The van der Waals surface area contributed by atoms with E-state index in [2.05, 4.69) is 124 Å². The molecule has 0 fully saturated rings. The summed E-state index contributed by atoms with van der Waals surface area (Å²) in [7, 11) is 0.878. The van der Waals surface area contributed by atoms with Gasteiger partial charge in [-0.15, -0.1) is 68.0 Å². The van der Waals surface area contributed by atoms with Crippen molar-refractivity contribution >= 4 is 131 Å². The number of hydrogen-bond acceptors (Lipinski definition) is 14. The second kappa shape index (κ2) is 29.4. The van der Waals surface area contributed by atoms with Crippen molar-refractivity contribution in [3.8, 4) is 60.6 Å². The van der Waals surface area contributed by atoms with Gasteiger partial charge in [0.2, 0.25) is 7.28 Å². The molecule has 11 aromatic rings. The summed E-state index contributed by atoms with van der Waals surface area (Å²) in [5.74, 6) is 0. The number of aliphatic hydroxyl groups excluding tert-OH is 2. The first-order valence-corrected chi connectivity index (χ1v) is 40.1. The van der Waals surface area contributed by atoms with E-state index < -0.39 is 0 Å². The largest absolute Gasteiger partial charge is 0.396 e. The summed E-state index contributed by atoms with van der Waals surface area (Å²) in [6.07, 6.45) is 29.1. The Hall–Kier alpha value is -4.52. The number of unbranched alkanes of at least 4 members (excludes halogenated alkanes) is 16. The number of aromatic nitrogens is 4. The maximum atomic E-state index is 9.58. The molecule has 6 nitrogen and oxygen atoms in total. The minimum absolute atomic E-state index is 0.0779. The second-order valence-electron chi connectivity index (χ2n) is 26.1. The van der Waals surface area contributed by atoms with Crippen LogP contribution in [0, 0.1) is 0 Å². The molecule has 0 bridgehead atoms. The van der Waals surface area contributed by atoms with Crippen LogP contribution in [0.1, 0.15) is 213 Å². The van der Waals surface area contributed by atoms with Crippen LogP contribution in [0.25, 0.3) is 82.7 Å².